The number of amides is 3. The van der Waals surface area contributed by atoms with Gasteiger partial charge in [0.2, 0.25) is 15.9 Å². The third-order valence-corrected chi connectivity index (χ3v) is 7.62. The highest BCUT2D eigenvalue weighted by Crippen LogP contribution is 2.42. The van der Waals surface area contributed by atoms with Gasteiger partial charge in [0.15, 0.2) is 0 Å². The summed E-state index contributed by atoms with van der Waals surface area (Å²) in [4.78, 5) is 24.1. The van der Waals surface area contributed by atoms with Crippen LogP contribution in [0.5, 0.6) is 0 Å². The minimum absolute atomic E-state index is 0.0244. The third kappa shape index (κ3) is 6.65. The molecular weight excluding hydrogens is 435 g/mol. The number of unbranched alkanes of at least 4 members (excludes halogenated alkanes) is 2. The fraction of sp³-hybridized carbons (Fsp3) is 0.636. The molecule has 176 valence electrons. The Hall–Kier alpha value is -2.20. The van der Waals surface area contributed by atoms with Gasteiger partial charge in [-0.3, -0.25) is 10.1 Å². The van der Waals surface area contributed by atoms with E-state index in [-0.39, 0.29) is 29.9 Å². The predicted octanol–water partition coefficient (Wildman–Crippen LogP) is 2.74. The van der Waals surface area contributed by atoms with E-state index in [9.17, 15) is 22.4 Å². The Morgan fingerprint density at radius 3 is 2.53 bits per heavy atom. The van der Waals surface area contributed by atoms with Crippen molar-refractivity contribution in [3.05, 3.63) is 29.6 Å². The first-order valence-electron chi connectivity index (χ1n) is 11.4. The molecule has 1 aromatic carbocycles. The number of rotatable bonds is 13. The second-order valence-electron chi connectivity index (χ2n) is 9.18. The number of carbonyl (C=O) groups is 2. The monoisotopic (exact) mass is 466 g/mol. The molecule has 32 heavy (non-hydrogen) atoms. The number of hydrogen-bond donors (Lipinski definition) is 3. The molecule has 1 atom stereocenters. The molecule has 8 nitrogen and oxygen atoms in total. The van der Waals surface area contributed by atoms with E-state index in [1.54, 1.807) is 0 Å². The van der Waals surface area contributed by atoms with E-state index in [1.807, 2.05) is 6.07 Å². The molecule has 0 bridgehead atoms. The summed E-state index contributed by atoms with van der Waals surface area (Å²) in [7, 11) is -3.53. The van der Waals surface area contributed by atoms with Crippen LogP contribution in [0.15, 0.2) is 18.2 Å². The maximum atomic E-state index is 14.2. The second kappa shape index (κ2) is 9.74. The van der Waals surface area contributed by atoms with Gasteiger partial charge in [-0.05, 0) is 74.1 Å². The Bertz CT molecular complexity index is 963. The van der Waals surface area contributed by atoms with Crippen molar-refractivity contribution in [3.63, 3.8) is 0 Å². The second-order valence-corrected chi connectivity index (χ2v) is 11.1. The smallest absolute Gasteiger partial charge is 0.324 e. The summed E-state index contributed by atoms with van der Waals surface area (Å²) in [5.41, 5.74) is 1.36. The van der Waals surface area contributed by atoms with Gasteiger partial charge in [0, 0.05) is 24.8 Å². The Morgan fingerprint density at radius 2 is 1.88 bits per heavy atom. The highest BCUT2D eigenvalue weighted by atomic mass is 32.2. The first-order valence-corrected chi connectivity index (χ1v) is 13.1. The van der Waals surface area contributed by atoms with Crippen LogP contribution in [-0.2, 0) is 14.8 Å². The lowest BCUT2D eigenvalue weighted by molar-refractivity contribution is -0.118. The number of sulfonamides is 1. The summed E-state index contributed by atoms with van der Waals surface area (Å²) in [6.07, 6.45) is 5.94. The van der Waals surface area contributed by atoms with E-state index in [1.165, 1.54) is 29.9 Å². The standard InChI is InChI=1S/C22H31FN4O4S/c23-18-10-17(11-19(12-18)24-13-15-4-5-15)21(16-6-7-16)26-32(30,31)9-3-1-2-8-27-14-20(28)25-22(27)29/h10-12,15-16,21,24,26H,1-9,13-14H2,(H,25,28,29). The van der Waals surface area contributed by atoms with Crippen LogP contribution in [0.25, 0.3) is 0 Å². The normalized spacial score (nSPS) is 19.8. The molecule has 10 heteroatoms. The maximum absolute atomic E-state index is 14.2. The predicted molar refractivity (Wildman–Crippen MR) is 119 cm³/mol. The lowest BCUT2D eigenvalue weighted by Crippen LogP contribution is -2.32. The summed E-state index contributed by atoms with van der Waals surface area (Å²) in [6, 6.07) is 3.93. The van der Waals surface area contributed by atoms with Crippen LogP contribution in [-0.4, -0.2) is 50.6 Å². The third-order valence-electron chi connectivity index (χ3n) is 6.18. The minimum Gasteiger partial charge on any atom is -0.385 e. The summed E-state index contributed by atoms with van der Waals surface area (Å²) in [5, 5.41) is 5.49. The van der Waals surface area contributed by atoms with E-state index < -0.39 is 22.1 Å². The molecule has 3 N–H and O–H groups in total. The van der Waals surface area contributed by atoms with Gasteiger partial charge in [-0.25, -0.2) is 22.3 Å². The average Bonchev–Trinajstić information content (AvgIpc) is 3.64. The Balaban J connectivity index is 1.28. The molecule has 3 aliphatic rings. The Morgan fingerprint density at radius 1 is 1.09 bits per heavy atom. The number of halogens is 1. The summed E-state index contributed by atoms with van der Waals surface area (Å²) >= 11 is 0. The Labute approximate surface area is 188 Å². The summed E-state index contributed by atoms with van der Waals surface area (Å²) in [5.74, 6) is 0.142. The Kier molecular flexibility index (Phi) is 6.99. The van der Waals surface area contributed by atoms with Gasteiger partial charge in [-0.2, -0.15) is 0 Å². The lowest BCUT2D eigenvalue weighted by atomic mass is 10.0. The summed E-state index contributed by atoms with van der Waals surface area (Å²) < 4.78 is 42.5. The van der Waals surface area contributed by atoms with Crippen molar-refractivity contribution in [1.82, 2.24) is 14.9 Å². The number of nitrogens with zero attached hydrogens (tertiary/aromatic N) is 1. The molecule has 0 radical (unpaired) electrons. The van der Waals surface area contributed by atoms with Crippen LogP contribution in [0, 0.1) is 17.7 Å². The van der Waals surface area contributed by atoms with Crippen LogP contribution < -0.4 is 15.4 Å². The molecule has 1 saturated heterocycles. The zero-order valence-corrected chi connectivity index (χ0v) is 18.9. The van der Waals surface area contributed by atoms with Crippen molar-refractivity contribution in [2.24, 2.45) is 11.8 Å². The minimum atomic E-state index is -3.53. The van der Waals surface area contributed by atoms with Gasteiger partial charge in [0.05, 0.1) is 5.75 Å². The molecule has 3 fully saturated rings. The van der Waals surface area contributed by atoms with Crippen LogP contribution in [0.1, 0.15) is 56.6 Å². The molecule has 2 aliphatic carbocycles. The van der Waals surface area contributed by atoms with Gasteiger partial charge in [0.1, 0.15) is 12.4 Å². The van der Waals surface area contributed by atoms with E-state index in [4.69, 9.17) is 0 Å². The van der Waals surface area contributed by atoms with Crippen LogP contribution in [0.3, 0.4) is 0 Å². The molecule has 3 amide bonds. The fourth-order valence-electron chi connectivity index (χ4n) is 4.03. The van der Waals surface area contributed by atoms with Crippen molar-refractivity contribution in [2.45, 2.75) is 51.0 Å². The molecule has 1 heterocycles. The highest BCUT2D eigenvalue weighted by Gasteiger charge is 2.35. The lowest BCUT2D eigenvalue weighted by Gasteiger charge is -2.20. The molecule has 1 unspecified atom stereocenters. The van der Waals surface area contributed by atoms with Crippen molar-refractivity contribution < 1.29 is 22.4 Å². The SMILES string of the molecule is O=C1CN(CCCCCS(=O)(=O)NC(c2cc(F)cc(NCC3CC3)c2)C2CC2)C(=O)N1. The van der Waals surface area contributed by atoms with Gasteiger partial charge in [0.25, 0.3) is 0 Å². The van der Waals surface area contributed by atoms with Crippen molar-refractivity contribution >= 4 is 27.6 Å². The first kappa shape index (κ1) is 23.0. The van der Waals surface area contributed by atoms with Gasteiger partial charge >= 0.3 is 6.03 Å². The van der Waals surface area contributed by atoms with Crippen LogP contribution >= 0.6 is 0 Å². The number of imide groups is 1. The highest BCUT2D eigenvalue weighted by molar-refractivity contribution is 7.89. The average molecular weight is 467 g/mol. The zero-order chi connectivity index (χ0) is 22.7. The van der Waals surface area contributed by atoms with Crippen LogP contribution in [0.2, 0.25) is 0 Å². The first-order chi connectivity index (χ1) is 15.3. The van der Waals surface area contributed by atoms with Gasteiger partial charge in [-0.1, -0.05) is 6.42 Å². The van der Waals surface area contributed by atoms with E-state index in [0.29, 0.717) is 43.0 Å². The maximum Gasteiger partial charge on any atom is 0.324 e. The summed E-state index contributed by atoms with van der Waals surface area (Å²) in [6.45, 7) is 1.30. The van der Waals surface area contributed by atoms with Crippen LogP contribution in [0.4, 0.5) is 14.9 Å². The van der Waals surface area contributed by atoms with Gasteiger partial charge < -0.3 is 10.2 Å². The topological polar surface area (TPSA) is 108 Å². The van der Waals surface area contributed by atoms with E-state index in [2.05, 4.69) is 15.4 Å². The number of hydrogen-bond acceptors (Lipinski definition) is 5. The number of anilines is 1. The van der Waals surface area contributed by atoms with Crippen molar-refractivity contribution in [1.29, 1.82) is 0 Å². The number of benzene rings is 1. The molecule has 1 aliphatic heterocycles. The molecule has 2 saturated carbocycles. The molecule has 0 spiro atoms. The zero-order valence-electron chi connectivity index (χ0n) is 18.1. The van der Waals surface area contributed by atoms with Crippen molar-refractivity contribution in [3.8, 4) is 0 Å². The molecule has 0 aromatic heterocycles. The molecular formula is C22H31FN4O4S. The number of nitrogens with one attached hydrogen (secondary N) is 3. The number of carbonyl (C=O) groups excluding carboxylic acids is 2. The largest absolute Gasteiger partial charge is 0.385 e. The number of urea groups is 1. The molecule has 1 aromatic rings. The van der Waals surface area contributed by atoms with Crippen molar-refractivity contribution in [2.75, 3.05) is 30.7 Å². The van der Waals surface area contributed by atoms with E-state index in [0.717, 1.165) is 19.4 Å². The van der Waals surface area contributed by atoms with Gasteiger partial charge in [-0.15, -0.1) is 0 Å². The molecule has 4 rings (SSSR count). The fourth-order valence-corrected chi connectivity index (χ4v) is 5.45. The quantitative estimate of drug-likeness (QED) is 0.306. The van der Waals surface area contributed by atoms with E-state index >= 15 is 0 Å².